The highest BCUT2D eigenvalue weighted by Crippen LogP contribution is 2.22. The summed E-state index contributed by atoms with van der Waals surface area (Å²) < 4.78 is 10.8. The lowest BCUT2D eigenvalue weighted by atomic mass is 10.3. The van der Waals surface area contributed by atoms with E-state index in [1.807, 2.05) is 6.07 Å². The number of esters is 2. The fourth-order valence-corrected chi connectivity index (χ4v) is 3.03. The summed E-state index contributed by atoms with van der Waals surface area (Å²) in [5.41, 5.74) is 0.739. The van der Waals surface area contributed by atoms with Gasteiger partial charge in [0.1, 0.15) is 19.4 Å². The van der Waals surface area contributed by atoms with Crippen molar-refractivity contribution in [3.63, 3.8) is 0 Å². The minimum absolute atomic E-state index is 0.0623. The molecule has 0 unspecified atom stereocenters. The Morgan fingerprint density at radius 3 is 2.44 bits per heavy atom. The molecular formula is C16H17ClN4O5S. The maximum Gasteiger partial charge on any atom is 0.325 e. The van der Waals surface area contributed by atoms with Crippen molar-refractivity contribution < 1.29 is 23.9 Å². The molecular weight excluding hydrogens is 396 g/mol. The van der Waals surface area contributed by atoms with Crippen LogP contribution in [0.1, 0.15) is 0 Å². The highest BCUT2D eigenvalue weighted by Gasteiger charge is 2.22. The first-order valence-corrected chi connectivity index (χ1v) is 9.01. The van der Waals surface area contributed by atoms with Crippen molar-refractivity contribution in [2.45, 2.75) is 5.16 Å². The standard InChI is InChI=1S/C16H17ClN4O5S/c1-25-14(23)7-20(8-15(24)26-2)13(22)9-27-16-19-18-10-21(16)12-5-3-4-11(17)6-12/h3-6,10H,7-9H2,1-2H3. The van der Waals surface area contributed by atoms with Crippen LogP contribution in [0.15, 0.2) is 35.7 Å². The number of carbonyl (C=O) groups excluding carboxylic acids is 3. The summed E-state index contributed by atoms with van der Waals surface area (Å²) in [6.07, 6.45) is 1.50. The molecule has 0 N–H and O–H groups in total. The molecule has 0 radical (unpaired) electrons. The molecule has 11 heteroatoms. The van der Waals surface area contributed by atoms with Crippen molar-refractivity contribution in [3.8, 4) is 5.69 Å². The largest absolute Gasteiger partial charge is 0.468 e. The third kappa shape index (κ3) is 5.97. The quantitative estimate of drug-likeness (QED) is 0.470. The van der Waals surface area contributed by atoms with Crippen molar-refractivity contribution in [1.82, 2.24) is 19.7 Å². The Balaban J connectivity index is 2.07. The average molecular weight is 413 g/mol. The van der Waals surface area contributed by atoms with Gasteiger partial charge >= 0.3 is 11.9 Å². The van der Waals surface area contributed by atoms with Crippen molar-refractivity contribution in [2.75, 3.05) is 33.1 Å². The SMILES string of the molecule is COC(=O)CN(CC(=O)OC)C(=O)CSc1nncn1-c1cccc(Cl)c1. The molecule has 0 aliphatic rings. The first-order valence-electron chi connectivity index (χ1n) is 7.64. The topological polar surface area (TPSA) is 104 Å². The number of hydrogen-bond donors (Lipinski definition) is 0. The van der Waals surface area contributed by atoms with Gasteiger partial charge in [0.05, 0.1) is 25.7 Å². The normalized spacial score (nSPS) is 10.3. The molecule has 0 bridgehead atoms. The van der Waals surface area contributed by atoms with E-state index in [1.165, 1.54) is 20.5 Å². The summed E-state index contributed by atoms with van der Waals surface area (Å²) in [4.78, 5) is 36.5. The van der Waals surface area contributed by atoms with Gasteiger partial charge in [0.2, 0.25) is 5.91 Å². The lowest BCUT2D eigenvalue weighted by Crippen LogP contribution is -2.41. The van der Waals surface area contributed by atoms with Crippen LogP contribution >= 0.6 is 23.4 Å². The van der Waals surface area contributed by atoms with E-state index >= 15 is 0 Å². The Morgan fingerprint density at radius 2 is 1.85 bits per heavy atom. The van der Waals surface area contributed by atoms with Crippen LogP contribution in [-0.2, 0) is 23.9 Å². The minimum Gasteiger partial charge on any atom is -0.468 e. The molecule has 0 saturated heterocycles. The third-order valence-corrected chi connectivity index (χ3v) is 4.54. The van der Waals surface area contributed by atoms with Gasteiger partial charge in [0.25, 0.3) is 0 Å². The fourth-order valence-electron chi connectivity index (χ4n) is 2.02. The van der Waals surface area contributed by atoms with Gasteiger partial charge < -0.3 is 14.4 Å². The van der Waals surface area contributed by atoms with Crippen LogP contribution in [-0.4, -0.2) is 70.6 Å². The maximum atomic E-state index is 12.5. The average Bonchev–Trinajstić information content (AvgIpc) is 3.13. The number of benzene rings is 1. The van der Waals surface area contributed by atoms with E-state index in [0.29, 0.717) is 10.2 Å². The number of aromatic nitrogens is 3. The van der Waals surface area contributed by atoms with Gasteiger partial charge in [0, 0.05) is 5.02 Å². The predicted molar refractivity (Wildman–Crippen MR) is 97.7 cm³/mol. The number of ether oxygens (including phenoxy) is 2. The Morgan fingerprint density at radius 1 is 1.19 bits per heavy atom. The molecule has 2 aromatic rings. The molecule has 0 aliphatic carbocycles. The summed E-state index contributed by atoms with van der Waals surface area (Å²) >= 11 is 7.11. The fraction of sp³-hybridized carbons (Fsp3) is 0.312. The predicted octanol–water partition coefficient (Wildman–Crippen LogP) is 1.19. The number of rotatable bonds is 8. The number of amides is 1. The summed E-state index contributed by atoms with van der Waals surface area (Å²) in [5.74, 6) is -1.79. The van der Waals surface area contributed by atoms with Crippen LogP contribution in [0.3, 0.4) is 0 Å². The zero-order chi connectivity index (χ0) is 19.8. The van der Waals surface area contributed by atoms with Crippen LogP contribution in [0.4, 0.5) is 0 Å². The first-order chi connectivity index (χ1) is 12.9. The first kappa shape index (κ1) is 20.7. The van der Waals surface area contributed by atoms with Gasteiger partial charge in [-0.2, -0.15) is 0 Å². The molecule has 1 aromatic heterocycles. The molecule has 2 rings (SSSR count). The molecule has 144 valence electrons. The van der Waals surface area contributed by atoms with Crippen LogP contribution in [0.25, 0.3) is 5.69 Å². The monoisotopic (exact) mass is 412 g/mol. The second-order valence-corrected chi connectivity index (χ2v) is 6.53. The minimum atomic E-state index is -0.639. The zero-order valence-electron chi connectivity index (χ0n) is 14.6. The van der Waals surface area contributed by atoms with Crippen LogP contribution in [0, 0.1) is 0 Å². The Kier molecular flexibility index (Phi) is 7.62. The highest BCUT2D eigenvalue weighted by molar-refractivity contribution is 7.99. The molecule has 0 saturated carbocycles. The number of carbonyl (C=O) groups is 3. The van der Waals surface area contributed by atoms with Crippen molar-refractivity contribution >= 4 is 41.2 Å². The van der Waals surface area contributed by atoms with Gasteiger partial charge in [0.15, 0.2) is 5.16 Å². The Labute approximate surface area is 164 Å². The number of halogens is 1. The number of thioether (sulfide) groups is 1. The molecule has 1 aromatic carbocycles. The van der Waals surface area contributed by atoms with Crippen molar-refractivity contribution in [3.05, 3.63) is 35.6 Å². The highest BCUT2D eigenvalue weighted by atomic mass is 35.5. The third-order valence-electron chi connectivity index (χ3n) is 3.38. The number of hydrogen-bond acceptors (Lipinski definition) is 8. The molecule has 0 fully saturated rings. The number of nitrogens with zero attached hydrogens (tertiary/aromatic N) is 4. The van der Waals surface area contributed by atoms with E-state index in [4.69, 9.17) is 11.6 Å². The van der Waals surface area contributed by atoms with E-state index < -0.39 is 17.8 Å². The van der Waals surface area contributed by atoms with Crippen LogP contribution < -0.4 is 0 Å². The second-order valence-electron chi connectivity index (χ2n) is 5.15. The Hall–Kier alpha value is -2.59. The zero-order valence-corrected chi connectivity index (χ0v) is 16.2. The molecule has 1 heterocycles. The van der Waals surface area contributed by atoms with Crippen molar-refractivity contribution in [2.24, 2.45) is 0 Å². The molecule has 9 nitrogen and oxygen atoms in total. The molecule has 1 amide bonds. The van der Waals surface area contributed by atoms with Gasteiger partial charge in [-0.1, -0.05) is 29.4 Å². The lowest BCUT2D eigenvalue weighted by Gasteiger charge is -2.19. The maximum absolute atomic E-state index is 12.5. The summed E-state index contributed by atoms with van der Waals surface area (Å²) in [6, 6.07) is 7.08. The van der Waals surface area contributed by atoms with Crippen molar-refractivity contribution in [1.29, 1.82) is 0 Å². The molecule has 0 aliphatic heterocycles. The van der Waals surface area contributed by atoms with Gasteiger partial charge in [-0.15, -0.1) is 10.2 Å². The molecule has 27 heavy (non-hydrogen) atoms. The molecule has 0 atom stereocenters. The summed E-state index contributed by atoms with van der Waals surface area (Å²) in [7, 11) is 2.40. The second kappa shape index (κ2) is 9.93. The van der Waals surface area contributed by atoms with E-state index in [1.54, 1.807) is 22.8 Å². The summed E-state index contributed by atoms with van der Waals surface area (Å²) in [5, 5.41) is 8.85. The van der Waals surface area contributed by atoms with E-state index in [-0.39, 0.29) is 18.8 Å². The van der Waals surface area contributed by atoms with Crippen LogP contribution in [0.2, 0.25) is 5.02 Å². The number of methoxy groups -OCH3 is 2. The van der Waals surface area contributed by atoms with E-state index in [9.17, 15) is 14.4 Å². The lowest BCUT2D eigenvalue weighted by molar-refractivity contribution is -0.151. The Bertz CT molecular complexity index is 811. The van der Waals surface area contributed by atoms with Crippen LogP contribution in [0.5, 0.6) is 0 Å². The van der Waals surface area contributed by atoms with Gasteiger partial charge in [-0.3, -0.25) is 19.0 Å². The van der Waals surface area contributed by atoms with E-state index in [2.05, 4.69) is 19.7 Å². The van der Waals surface area contributed by atoms with Gasteiger partial charge in [-0.25, -0.2) is 0 Å². The van der Waals surface area contributed by atoms with E-state index in [0.717, 1.165) is 22.3 Å². The molecule has 0 spiro atoms. The van der Waals surface area contributed by atoms with Gasteiger partial charge in [-0.05, 0) is 18.2 Å². The summed E-state index contributed by atoms with van der Waals surface area (Å²) in [6.45, 7) is -0.710. The smallest absolute Gasteiger partial charge is 0.325 e.